The molecule has 4 aromatic rings. The highest BCUT2D eigenvalue weighted by molar-refractivity contribution is 6.38. The third-order valence-electron chi connectivity index (χ3n) is 7.22. The van der Waals surface area contributed by atoms with Crippen molar-refractivity contribution >= 4 is 46.2 Å². The summed E-state index contributed by atoms with van der Waals surface area (Å²) in [5, 5.41) is 22.6. The summed E-state index contributed by atoms with van der Waals surface area (Å²) in [6, 6.07) is 15.9. The molecule has 10 nitrogen and oxygen atoms in total. The number of carbonyl (C=O) groups is 2. The lowest BCUT2D eigenvalue weighted by molar-refractivity contribution is 0.0217. The van der Waals surface area contributed by atoms with Gasteiger partial charge in [-0.15, -0.1) is 0 Å². The van der Waals surface area contributed by atoms with Gasteiger partial charge in [0.25, 0.3) is 5.91 Å². The van der Waals surface area contributed by atoms with Crippen molar-refractivity contribution in [3.05, 3.63) is 87.7 Å². The minimum atomic E-state index is -1.23. The number of nitrogens with zero attached hydrogens (tertiary/aromatic N) is 3. The molecule has 5 rings (SSSR count). The van der Waals surface area contributed by atoms with Crippen LogP contribution >= 0.6 is 23.2 Å². The number of aromatic amines is 1. The van der Waals surface area contributed by atoms with Gasteiger partial charge in [-0.2, -0.15) is 5.26 Å². The highest BCUT2D eigenvalue weighted by Crippen LogP contribution is 2.39. The van der Waals surface area contributed by atoms with E-state index < -0.39 is 29.7 Å². The van der Waals surface area contributed by atoms with E-state index in [2.05, 4.69) is 21.5 Å². The molecule has 2 amide bonds. The summed E-state index contributed by atoms with van der Waals surface area (Å²) < 4.78 is 11.2. The van der Waals surface area contributed by atoms with Crippen LogP contribution in [0.15, 0.2) is 60.9 Å². The van der Waals surface area contributed by atoms with E-state index in [1.807, 2.05) is 30.3 Å². The maximum absolute atomic E-state index is 13.9. The van der Waals surface area contributed by atoms with Crippen molar-refractivity contribution in [1.82, 2.24) is 20.4 Å². The van der Waals surface area contributed by atoms with Crippen LogP contribution in [0.3, 0.4) is 0 Å². The van der Waals surface area contributed by atoms with Crippen LogP contribution in [0.2, 0.25) is 10.0 Å². The minimum absolute atomic E-state index is 0.00129. The van der Waals surface area contributed by atoms with Gasteiger partial charge in [-0.1, -0.05) is 47.5 Å². The van der Waals surface area contributed by atoms with Gasteiger partial charge < -0.3 is 19.6 Å². The first kappa shape index (κ1) is 31.1. The van der Waals surface area contributed by atoms with E-state index in [9.17, 15) is 20.0 Å². The fraction of sp³-hybridized carbons (Fsp3) is 0.312. The Morgan fingerprint density at radius 1 is 1.14 bits per heavy atom. The molecule has 1 aliphatic rings. The molecule has 3 atom stereocenters. The number of hydrazine groups is 1. The zero-order valence-electron chi connectivity index (χ0n) is 24.3. The largest absolute Gasteiger partial charge is 0.457 e. The van der Waals surface area contributed by atoms with Gasteiger partial charge in [0.2, 0.25) is 0 Å². The molecule has 0 aliphatic heterocycles. The summed E-state index contributed by atoms with van der Waals surface area (Å²) >= 11 is 13.4. The van der Waals surface area contributed by atoms with Crippen molar-refractivity contribution in [3.63, 3.8) is 0 Å². The maximum atomic E-state index is 13.9. The highest BCUT2D eigenvalue weighted by atomic mass is 35.5. The van der Waals surface area contributed by atoms with E-state index >= 15 is 0 Å². The summed E-state index contributed by atoms with van der Waals surface area (Å²) in [6.07, 6.45) is 2.28. The predicted molar refractivity (Wildman–Crippen MR) is 165 cm³/mol. The summed E-state index contributed by atoms with van der Waals surface area (Å²) in [6.45, 7) is 5.14. The number of aromatic nitrogens is 2. The number of nitriles is 1. The molecule has 12 heteroatoms. The van der Waals surface area contributed by atoms with Gasteiger partial charge in [-0.05, 0) is 64.3 Å². The van der Waals surface area contributed by atoms with Gasteiger partial charge in [0, 0.05) is 34.8 Å². The lowest BCUT2D eigenvalue weighted by Gasteiger charge is -2.30. The maximum Gasteiger partial charge on any atom is 0.426 e. The first-order chi connectivity index (χ1) is 20.9. The zero-order valence-corrected chi connectivity index (χ0v) is 25.8. The van der Waals surface area contributed by atoms with Crippen LogP contribution in [0, 0.1) is 17.2 Å². The second-order valence-electron chi connectivity index (χ2n) is 11.5. The van der Waals surface area contributed by atoms with E-state index in [1.54, 1.807) is 45.2 Å². The topological polar surface area (TPSA) is 141 Å². The summed E-state index contributed by atoms with van der Waals surface area (Å²) in [5.41, 5.74) is 2.85. The number of nitrogens with one attached hydrogen (secondary N) is 2. The third kappa shape index (κ3) is 6.76. The molecule has 0 radical (unpaired) electrons. The zero-order chi connectivity index (χ0) is 31.6. The number of ether oxygens (including phenoxy) is 2. The Kier molecular flexibility index (Phi) is 9.02. The number of amides is 2. The number of fused-ring (bicyclic) bond motifs is 1. The number of hydrogen-bond acceptors (Lipinski definition) is 7. The number of benzene rings is 2. The predicted octanol–water partition coefficient (Wildman–Crippen LogP) is 7.32. The first-order valence-electron chi connectivity index (χ1n) is 14.0. The van der Waals surface area contributed by atoms with Crippen LogP contribution in [0.5, 0.6) is 11.5 Å². The Labute approximate surface area is 264 Å². The lowest BCUT2D eigenvalue weighted by Crippen LogP contribution is -2.52. The summed E-state index contributed by atoms with van der Waals surface area (Å²) in [5.74, 6) is 0.250. The van der Waals surface area contributed by atoms with Crippen molar-refractivity contribution in [3.8, 4) is 17.6 Å². The fourth-order valence-electron chi connectivity index (χ4n) is 5.18. The molecule has 1 saturated carbocycles. The first-order valence-corrected chi connectivity index (χ1v) is 14.8. The fourth-order valence-corrected chi connectivity index (χ4v) is 5.78. The second-order valence-corrected chi connectivity index (χ2v) is 12.3. The number of para-hydroxylation sites is 1. The van der Waals surface area contributed by atoms with Crippen molar-refractivity contribution in [2.75, 3.05) is 0 Å². The van der Waals surface area contributed by atoms with Crippen molar-refractivity contribution < 1.29 is 24.2 Å². The molecule has 0 saturated heterocycles. The number of halogens is 2. The Bertz CT molecular complexity index is 1730. The smallest absolute Gasteiger partial charge is 0.426 e. The molecule has 0 bridgehead atoms. The molecule has 2 aromatic heterocycles. The van der Waals surface area contributed by atoms with Crippen molar-refractivity contribution in [1.29, 1.82) is 5.26 Å². The van der Waals surface area contributed by atoms with E-state index in [1.165, 1.54) is 11.2 Å². The number of hydrogen-bond donors (Lipinski definition) is 3. The quantitative estimate of drug-likeness (QED) is 0.188. The highest BCUT2D eigenvalue weighted by Gasteiger charge is 2.36. The lowest BCUT2D eigenvalue weighted by atomic mass is 10.0. The number of carbonyl (C=O) groups excluding carboxylic acids is 2. The Hall–Kier alpha value is -4.30. The van der Waals surface area contributed by atoms with Gasteiger partial charge in [0.05, 0.1) is 27.7 Å². The number of rotatable bonds is 6. The summed E-state index contributed by atoms with van der Waals surface area (Å²) in [4.78, 5) is 34.0. The molecule has 2 heterocycles. The van der Waals surface area contributed by atoms with Crippen LogP contribution in [-0.4, -0.2) is 43.7 Å². The second kappa shape index (κ2) is 12.7. The molecule has 0 spiro atoms. The van der Waals surface area contributed by atoms with E-state index in [4.69, 9.17) is 32.7 Å². The van der Waals surface area contributed by atoms with Gasteiger partial charge in [0.15, 0.2) is 0 Å². The SMILES string of the molecule is CC(C)(C)OC(=O)NN(C(=O)c1cnc2[nH]cc(C(O)c3ccc(Oc4ccccc4)cc3Cl)c2c1Cl)C1CCC(C#N)C1. The molecule has 44 heavy (non-hydrogen) atoms. The molecule has 2 aromatic carbocycles. The summed E-state index contributed by atoms with van der Waals surface area (Å²) in [7, 11) is 0. The standard InChI is InChI=1S/C32H31Cl2N5O5/c1-32(2,3)44-31(42)38-39(19-10-9-18(13-19)15-35)30(41)24-17-37-29-26(27(24)34)23(16-36-29)28(40)22-12-11-21(14-25(22)33)43-20-7-5-4-6-8-20/h4-8,11-12,14,16-19,28,40H,9-10,13H2,1-3H3,(H,36,37)(H,38,42). The number of pyridine rings is 1. The van der Waals surface area contributed by atoms with Gasteiger partial charge in [-0.3, -0.25) is 4.79 Å². The molecule has 3 N–H and O–H groups in total. The third-order valence-corrected chi connectivity index (χ3v) is 7.94. The van der Waals surface area contributed by atoms with Gasteiger partial charge in [0.1, 0.15) is 28.9 Å². The minimum Gasteiger partial charge on any atom is -0.457 e. The molecular formula is C32H31Cl2N5O5. The van der Waals surface area contributed by atoms with Crippen molar-refractivity contribution in [2.45, 2.75) is 57.8 Å². The molecule has 1 aliphatic carbocycles. The molecular weight excluding hydrogens is 605 g/mol. The number of aliphatic hydroxyl groups excluding tert-OH is 1. The Balaban J connectivity index is 1.46. The molecule has 228 valence electrons. The van der Waals surface area contributed by atoms with E-state index in [-0.39, 0.29) is 21.5 Å². The normalized spacial score (nSPS) is 17.1. The van der Waals surface area contributed by atoms with E-state index in [0.717, 1.165) is 0 Å². The molecule has 1 fully saturated rings. The van der Waals surface area contributed by atoms with Crippen LogP contribution in [0.1, 0.15) is 67.6 Å². The Morgan fingerprint density at radius 2 is 1.89 bits per heavy atom. The van der Waals surface area contributed by atoms with Crippen LogP contribution < -0.4 is 10.2 Å². The number of H-pyrrole nitrogens is 1. The number of aliphatic hydroxyl groups is 1. The van der Waals surface area contributed by atoms with Crippen LogP contribution in [-0.2, 0) is 4.74 Å². The molecule has 3 unspecified atom stereocenters. The van der Waals surface area contributed by atoms with Crippen molar-refractivity contribution in [2.24, 2.45) is 5.92 Å². The Morgan fingerprint density at radius 3 is 2.55 bits per heavy atom. The van der Waals surface area contributed by atoms with Crippen LogP contribution in [0.25, 0.3) is 11.0 Å². The van der Waals surface area contributed by atoms with Gasteiger partial charge in [-0.25, -0.2) is 20.2 Å². The van der Waals surface area contributed by atoms with Gasteiger partial charge >= 0.3 is 6.09 Å². The average molecular weight is 637 g/mol. The monoisotopic (exact) mass is 635 g/mol. The van der Waals surface area contributed by atoms with Crippen LogP contribution in [0.4, 0.5) is 4.79 Å². The van der Waals surface area contributed by atoms with E-state index in [0.29, 0.717) is 52.9 Å². The average Bonchev–Trinajstić information content (AvgIpc) is 3.63.